The Bertz CT molecular complexity index is 566. The minimum absolute atomic E-state index is 0.254. The Kier molecular flexibility index (Phi) is 4.05. The van der Waals surface area contributed by atoms with Gasteiger partial charge in [-0.25, -0.2) is 4.39 Å². The van der Waals surface area contributed by atoms with Crippen molar-refractivity contribution in [3.63, 3.8) is 0 Å². The molecule has 18 heavy (non-hydrogen) atoms. The topological polar surface area (TPSA) is 26.0 Å². The summed E-state index contributed by atoms with van der Waals surface area (Å²) in [6, 6.07) is 9.83. The number of halogens is 3. The molecule has 1 unspecified atom stereocenters. The molecule has 1 atom stereocenters. The first kappa shape index (κ1) is 13.5. The van der Waals surface area contributed by atoms with Gasteiger partial charge in [-0.3, -0.25) is 0 Å². The molecule has 2 rings (SSSR count). The van der Waals surface area contributed by atoms with E-state index in [1.54, 1.807) is 12.1 Å². The highest BCUT2D eigenvalue weighted by atomic mass is 79.9. The van der Waals surface area contributed by atoms with E-state index in [-0.39, 0.29) is 11.9 Å². The van der Waals surface area contributed by atoms with Gasteiger partial charge in [0.15, 0.2) is 0 Å². The quantitative estimate of drug-likeness (QED) is 0.856. The van der Waals surface area contributed by atoms with Crippen LogP contribution in [-0.4, -0.2) is 0 Å². The molecule has 0 bridgehead atoms. The Morgan fingerprint density at radius 3 is 2.56 bits per heavy atom. The van der Waals surface area contributed by atoms with Crippen LogP contribution in [0.15, 0.2) is 40.9 Å². The molecule has 4 heteroatoms. The number of hydrogen-bond donors (Lipinski definition) is 1. The Balaban J connectivity index is 2.44. The lowest BCUT2D eigenvalue weighted by molar-refractivity contribution is 0.624. The molecular formula is C14H12BrClFN. The standard InChI is InChI=1S/C14H12BrClFN/c1-8-4-12(17)2-3-13(8)14(18)9-5-10(15)7-11(16)6-9/h2-7,14H,18H2,1H3. The third kappa shape index (κ3) is 2.91. The first-order valence-corrected chi connectivity index (χ1v) is 6.62. The number of hydrogen-bond acceptors (Lipinski definition) is 1. The van der Waals surface area contributed by atoms with E-state index in [0.717, 1.165) is 21.2 Å². The maximum absolute atomic E-state index is 13.1. The Hall–Kier alpha value is -0.900. The van der Waals surface area contributed by atoms with E-state index in [0.29, 0.717) is 5.02 Å². The van der Waals surface area contributed by atoms with Gasteiger partial charge in [0, 0.05) is 9.50 Å². The van der Waals surface area contributed by atoms with Crippen LogP contribution in [0.4, 0.5) is 4.39 Å². The van der Waals surface area contributed by atoms with Gasteiger partial charge in [0.05, 0.1) is 6.04 Å². The lowest BCUT2D eigenvalue weighted by Gasteiger charge is -2.16. The Morgan fingerprint density at radius 1 is 1.22 bits per heavy atom. The number of rotatable bonds is 2. The van der Waals surface area contributed by atoms with E-state index in [1.807, 2.05) is 19.1 Å². The lowest BCUT2D eigenvalue weighted by atomic mass is 9.96. The van der Waals surface area contributed by atoms with Crippen molar-refractivity contribution in [1.82, 2.24) is 0 Å². The molecule has 0 heterocycles. The summed E-state index contributed by atoms with van der Waals surface area (Å²) in [5.41, 5.74) is 8.82. The summed E-state index contributed by atoms with van der Waals surface area (Å²) in [5.74, 6) is -0.254. The summed E-state index contributed by atoms with van der Waals surface area (Å²) >= 11 is 9.39. The molecule has 0 fully saturated rings. The second-order valence-corrected chi connectivity index (χ2v) is 5.53. The van der Waals surface area contributed by atoms with E-state index < -0.39 is 0 Å². The minimum Gasteiger partial charge on any atom is -0.320 e. The first-order chi connectivity index (χ1) is 8.47. The van der Waals surface area contributed by atoms with Gasteiger partial charge in [0.2, 0.25) is 0 Å². The van der Waals surface area contributed by atoms with Crippen molar-refractivity contribution in [3.8, 4) is 0 Å². The monoisotopic (exact) mass is 327 g/mol. The zero-order valence-electron chi connectivity index (χ0n) is 9.75. The zero-order valence-corrected chi connectivity index (χ0v) is 12.1. The van der Waals surface area contributed by atoms with Crippen LogP contribution in [-0.2, 0) is 0 Å². The average molecular weight is 329 g/mol. The molecule has 2 N–H and O–H groups in total. The van der Waals surface area contributed by atoms with E-state index in [2.05, 4.69) is 15.9 Å². The fourth-order valence-electron chi connectivity index (χ4n) is 1.92. The van der Waals surface area contributed by atoms with E-state index in [9.17, 15) is 4.39 Å². The van der Waals surface area contributed by atoms with Crippen LogP contribution in [0.2, 0.25) is 5.02 Å². The highest BCUT2D eigenvalue weighted by Crippen LogP contribution is 2.28. The second kappa shape index (κ2) is 5.39. The molecule has 0 spiro atoms. The summed E-state index contributed by atoms with van der Waals surface area (Å²) < 4.78 is 13.9. The first-order valence-electron chi connectivity index (χ1n) is 5.45. The molecule has 2 aromatic carbocycles. The van der Waals surface area contributed by atoms with Crippen LogP contribution >= 0.6 is 27.5 Å². The average Bonchev–Trinajstić information content (AvgIpc) is 2.26. The van der Waals surface area contributed by atoms with E-state index >= 15 is 0 Å². The predicted octanol–water partition coefficient (Wildman–Crippen LogP) is 4.60. The van der Waals surface area contributed by atoms with Gasteiger partial charge in [-0.05, 0) is 53.9 Å². The lowest BCUT2D eigenvalue weighted by Crippen LogP contribution is -2.13. The van der Waals surface area contributed by atoms with Crippen LogP contribution in [0.25, 0.3) is 0 Å². The molecule has 0 aliphatic rings. The van der Waals surface area contributed by atoms with E-state index in [4.69, 9.17) is 17.3 Å². The summed E-state index contributed by atoms with van der Waals surface area (Å²) in [6.07, 6.45) is 0. The molecular weight excluding hydrogens is 317 g/mol. The SMILES string of the molecule is Cc1cc(F)ccc1C(N)c1cc(Cl)cc(Br)c1. The highest BCUT2D eigenvalue weighted by molar-refractivity contribution is 9.10. The molecule has 0 saturated heterocycles. The molecule has 0 aromatic heterocycles. The van der Waals surface area contributed by atoms with Gasteiger partial charge < -0.3 is 5.73 Å². The second-order valence-electron chi connectivity index (χ2n) is 4.18. The van der Waals surface area contributed by atoms with Gasteiger partial charge in [0.1, 0.15) is 5.82 Å². The predicted molar refractivity (Wildman–Crippen MR) is 76.3 cm³/mol. The summed E-state index contributed by atoms with van der Waals surface area (Å²) in [4.78, 5) is 0. The third-order valence-corrected chi connectivity index (χ3v) is 3.49. The van der Waals surface area contributed by atoms with Crippen LogP contribution in [0.3, 0.4) is 0 Å². The molecule has 0 radical (unpaired) electrons. The number of aryl methyl sites for hydroxylation is 1. The molecule has 0 aliphatic heterocycles. The fraction of sp³-hybridized carbons (Fsp3) is 0.143. The summed E-state index contributed by atoms with van der Waals surface area (Å²) in [7, 11) is 0. The van der Waals surface area contributed by atoms with Gasteiger partial charge in [-0.2, -0.15) is 0 Å². The van der Waals surface area contributed by atoms with Crippen molar-refractivity contribution < 1.29 is 4.39 Å². The van der Waals surface area contributed by atoms with Crippen molar-refractivity contribution in [2.24, 2.45) is 5.73 Å². The normalized spacial score (nSPS) is 12.5. The van der Waals surface area contributed by atoms with E-state index in [1.165, 1.54) is 12.1 Å². The van der Waals surface area contributed by atoms with Crippen molar-refractivity contribution in [2.45, 2.75) is 13.0 Å². The van der Waals surface area contributed by atoms with Gasteiger partial charge in [-0.1, -0.05) is 33.6 Å². The largest absolute Gasteiger partial charge is 0.320 e. The molecule has 0 amide bonds. The molecule has 0 aliphatic carbocycles. The molecule has 94 valence electrons. The van der Waals surface area contributed by atoms with Crippen LogP contribution in [0.5, 0.6) is 0 Å². The maximum Gasteiger partial charge on any atom is 0.123 e. The van der Waals surface area contributed by atoms with Gasteiger partial charge in [-0.15, -0.1) is 0 Å². The summed E-state index contributed by atoms with van der Waals surface area (Å²) in [5, 5.41) is 0.620. The van der Waals surface area contributed by atoms with Crippen LogP contribution in [0, 0.1) is 12.7 Å². The summed E-state index contributed by atoms with van der Waals surface area (Å²) in [6.45, 7) is 1.85. The van der Waals surface area contributed by atoms with Gasteiger partial charge >= 0.3 is 0 Å². The number of nitrogens with two attached hydrogens (primary N) is 1. The number of benzene rings is 2. The van der Waals surface area contributed by atoms with Crippen molar-refractivity contribution in [2.75, 3.05) is 0 Å². The van der Waals surface area contributed by atoms with Gasteiger partial charge in [0.25, 0.3) is 0 Å². The highest BCUT2D eigenvalue weighted by Gasteiger charge is 2.13. The smallest absolute Gasteiger partial charge is 0.123 e. The molecule has 2 aromatic rings. The minimum atomic E-state index is -0.319. The maximum atomic E-state index is 13.1. The Morgan fingerprint density at radius 2 is 1.94 bits per heavy atom. The Labute approximate surface area is 119 Å². The fourth-order valence-corrected chi connectivity index (χ4v) is 2.81. The molecule has 0 saturated carbocycles. The van der Waals surface area contributed by atoms with Crippen molar-refractivity contribution in [1.29, 1.82) is 0 Å². The van der Waals surface area contributed by atoms with Crippen molar-refractivity contribution in [3.05, 3.63) is 68.4 Å². The third-order valence-electron chi connectivity index (χ3n) is 2.81. The van der Waals surface area contributed by atoms with Crippen molar-refractivity contribution >= 4 is 27.5 Å². The molecule has 1 nitrogen and oxygen atoms in total. The van der Waals surface area contributed by atoms with Crippen LogP contribution < -0.4 is 5.73 Å². The zero-order chi connectivity index (χ0) is 13.3. The van der Waals surface area contributed by atoms with Crippen LogP contribution in [0.1, 0.15) is 22.7 Å².